The Morgan fingerprint density at radius 1 is 1.27 bits per heavy atom. The van der Waals surface area contributed by atoms with Crippen molar-refractivity contribution in [1.82, 2.24) is 10.2 Å². The average molecular weight is 359 g/mol. The molecule has 142 valence electrons. The highest BCUT2D eigenvalue weighted by Gasteiger charge is 2.41. The number of likely N-dealkylation sites (tertiary alicyclic amines) is 1. The normalized spacial score (nSPS) is 25.5. The van der Waals surface area contributed by atoms with Crippen molar-refractivity contribution in [3.8, 4) is 0 Å². The van der Waals surface area contributed by atoms with Gasteiger partial charge in [-0.3, -0.25) is 9.69 Å². The van der Waals surface area contributed by atoms with Crippen LogP contribution in [0.4, 0.5) is 4.79 Å². The maximum atomic E-state index is 12.9. The summed E-state index contributed by atoms with van der Waals surface area (Å²) in [5.41, 5.74) is 7.90. The number of carbonyl (C=O) groups is 2. The van der Waals surface area contributed by atoms with Crippen LogP contribution >= 0.6 is 0 Å². The van der Waals surface area contributed by atoms with Crippen molar-refractivity contribution in [1.29, 1.82) is 0 Å². The van der Waals surface area contributed by atoms with Crippen LogP contribution < -0.4 is 11.1 Å². The van der Waals surface area contributed by atoms with E-state index in [4.69, 9.17) is 10.5 Å². The summed E-state index contributed by atoms with van der Waals surface area (Å²) in [6, 6.07) is 7.43. The molecule has 1 aliphatic carbocycles. The predicted octanol–water partition coefficient (Wildman–Crippen LogP) is 2.52. The van der Waals surface area contributed by atoms with Gasteiger partial charge in [0, 0.05) is 12.6 Å². The summed E-state index contributed by atoms with van der Waals surface area (Å²) in [5.74, 6) is -0.148. The highest BCUT2D eigenvalue weighted by molar-refractivity contribution is 5.87. The zero-order valence-electron chi connectivity index (χ0n) is 15.8. The van der Waals surface area contributed by atoms with E-state index in [1.807, 2.05) is 32.9 Å². The van der Waals surface area contributed by atoms with Gasteiger partial charge < -0.3 is 15.8 Å². The Kier molecular flexibility index (Phi) is 5.23. The lowest BCUT2D eigenvalue weighted by atomic mass is 9.87. The summed E-state index contributed by atoms with van der Waals surface area (Å²) in [6.45, 7) is 5.78. The summed E-state index contributed by atoms with van der Waals surface area (Å²) in [6.07, 6.45) is 2.98. The fourth-order valence-electron chi connectivity index (χ4n) is 3.81. The molecule has 1 aromatic carbocycles. The van der Waals surface area contributed by atoms with Gasteiger partial charge >= 0.3 is 6.09 Å². The topological polar surface area (TPSA) is 84.7 Å². The third-order valence-electron chi connectivity index (χ3n) is 4.95. The number of amides is 2. The molecule has 1 aromatic rings. The molecule has 26 heavy (non-hydrogen) atoms. The van der Waals surface area contributed by atoms with E-state index in [2.05, 4.69) is 17.4 Å². The highest BCUT2D eigenvalue weighted by atomic mass is 16.6. The molecule has 2 amide bonds. The molecular weight excluding hydrogens is 330 g/mol. The molecule has 0 saturated carbocycles. The van der Waals surface area contributed by atoms with E-state index in [-0.39, 0.29) is 18.0 Å². The van der Waals surface area contributed by atoms with E-state index >= 15 is 0 Å². The SMILES string of the molecule is CC(C)(C)OC(=O)N1C[C@@H](N)C[C@H]1C(=O)N[C@@H]1CCCc2ccccc21. The van der Waals surface area contributed by atoms with E-state index < -0.39 is 17.7 Å². The minimum Gasteiger partial charge on any atom is -0.444 e. The van der Waals surface area contributed by atoms with Gasteiger partial charge in [-0.15, -0.1) is 0 Å². The first-order valence-corrected chi connectivity index (χ1v) is 9.38. The molecule has 0 radical (unpaired) electrons. The van der Waals surface area contributed by atoms with Crippen LogP contribution in [-0.4, -0.2) is 41.1 Å². The lowest BCUT2D eigenvalue weighted by Crippen LogP contribution is -2.48. The quantitative estimate of drug-likeness (QED) is 0.850. The number of nitrogens with two attached hydrogens (primary N) is 1. The summed E-state index contributed by atoms with van der Waals surface area (Å²) in [7, 11) is 0. The largest absolute Gasteiger partial charge is 0.444 e. The lowest BCUT2D eigenvalue weighted by molar-refractivity contribution is -0.126. The van der Waals surface area contributed by atoms with Crippen molar-refractivity contribution in [3.05, 3.63) is 35.4 Å². The second-order valence-electron chi connectivity index (χ2n) is 8.30. The summed E-state index contributed by atoms with van der Waals surface area (Å²) in [5, 5.41) is 3.14. The van der Waals surface area contributed by atoms with Gasteiger partial charge in [0.2, 0.25) is 5.91 Å². The van der Waals surface area contributed by atoms with E-state index in [0.717, 1.165) is 19.3 Å². The molecule has 1 heterocycles. The van der Waals surface area contributed by atoms with Crippen molar-refractivity contribution >= 4 is 12.0 Å². The third kappa shape index (κ3) is 4.18. The molecule has 0 spiro atoms. The van der Waals surface area contributed by atoms with Crippen molar-refractivity contribution in [2.24, 2.45) is 5.73 Å². The Labute approximate surface area is 155 Å². The fraction of sp³-hybridized carbons (Fsp3) is 0.600. The number of hydrogen-bond acceptors (Lipinski definition) is 4. The Morgan fingerprint density at radius 3 is 2.73 bits per heavy atom. The molecule has 1 saturated heterocycles. The monoisotopic (exact) mass is 359 g/mol. The van der Waals surface area contributed by atoms with Crippen LogP contribution in [-0.2, 0) is 16.0 Å². The van der Waals surface area contributed by atoms with Crippen LogP contribution in [0.3, 0.4) is 0 Å². The Balaban J connectivity index is 1.71. The van der Waals surface area contributed by atoms with Crippen LogP contribution in [0.15, 0.2) is 24.3 Å². The smallest absolute Gasteiger partial charge is 0.411 e. The van der Waals surface area contributed by atoms with Gasteiger partial charge in [-0.2, -0.15) is 0 Å². The van der Waals surface area contributed by atoms with E-state index in [1.165, 1.54) is 16.0 Å². The number of nitrogens with zero attached hydrogens (tertiary/aromatic N) is 1. The van der Waals surface area contributed by atoms with Crippen LogP contribution in [0.1, 0.15) is 57.2 Å². The van der Waals surface area contributed by atoms with Gasteiger partial charge in [0.05, 0.1) is 6.04 Å². The number of nitrogens with one attached hydrogen (secondary N) is 1. The van der Waals surface area contributed by atoms with Gasteiger partial charge in [-0.1, -0.05) is 24.3 Å². The number of rotatable bonds is 2. The Bertz CT molecular complexity index is 683. The second kappa shape index (κ2) is 7.27. The highest BCUT2D eigenvalue weighted by Crippen LogP contribution is 2.30. The van der Waals surface area contributed by atoms with Gasteiger partial charge in [0.25, 0.3) is 0 Å². The van der Waals surface area contributed by atoms with Crippen molar-refractivity contribution in [2.45, 2.75) is 70.2 Å². The fourth-order valence-corrected chi connectivity index (χ4v) is 3.81. The minimum absolute atomic E-state index is 0.00948. The van der Waals surface area contributed by atoms with Crippen molar-refractivity contribution in [2.75, 3.05) is 6.54 Å². The molecule has 0 unspecified atom stereocenters. The minimum atomic E-state index is -0.604. The first kappa shape index (κ1) is 18.7. The van der Waals surface area contributed by atoms with Crippen molar-refractivity contribution in [3.63, 3.8) is 0 Å². The standard InChI is InChI=1S/C20H29N3O3/c1-20(2,3)26-19(25)23-12-14(21)11-17(23)18(24)22-16-10-6-8-13-7-4-5-9-15(13)16/h4-5,7,9,14,16-17H,6,8,10-12,21H2,1-3H3,(H,22,24)/t14-,16+,17-/m0/s1. The third-order valence-corrected chi connectivity index (χ3v) is 4.95. The molecule has 6 nitrogen and oxygen atoms in total. The van der Waals surface area contributed by atoms with E-state index in [1.54, 1.807) is 0 Å². The first-order chi connectivity index (χ1) is 12.2. The van der Waals surface area contributed by atoms with Crippen LogP contribution in [0.5, 0.6) is 0 Å². The first-order valence-electron chi connectivity index (χ1n) is 9.38. The van der Waals surface area contributed by atoms with Gasteiger partial charge in [-0.05, 0) is 57.6 Å². The molecule has 6 heteroatoms. The average Bonchev–Trinajstić information content (AvgIpc) is 2.96. The number of aryl methyl sites for hydroxylation is 1. The number of fused-ring (bicyclic) bond motifs is 1. The second-order valence-corrected chi connectivity index (χ2v) is 8.30. The van der Waals surface area contributed by atoms with Crippen LogP contribution in [0.2, 0.25) is 0 Å². The van der Waals surface area contributed by atoms with Gasteiger partial charge in [-0.25, -0.2) is 4.79 Å². The molecule has 2 aliphatic rings. The molecular formula is C20H29N3O3. The molecule has 3 atom stereocenters. The maximum absolute atomic E-state index is 12.9. The van der Waals surface area contributed by atoms with Crippen LogP contribution in [0.25, 0.3) is 0 Å². The maximum Gasteiger partial charge on any atom is 0.411 e. The van der Waals surface area contributed by atoms with Gasteiger partial charge in [0.1, 0.15) is 11.6 Å². The molecule has 3 N–H and O–H groups in total. The number of carbonyl (C=O) groups excluding carboxylic acids is 2. The molecule has 3 rings (SSSR count). The van der Waals surface area contributed by atoms with E-state index in [9.17, 15) is 9.59 Å². The van der Waals surface area contributed by atoms with Crippen molar-refractivity contribution < 1.29 is 14.3 Å². The summed E-state index contributed by atoms with van der Waals surface area (Å²) in [4.78, 5) is 26.9. The molecule has 1 fully saturated rings. The molecule has 1 aliphatic heterocycles. The lowest BCUT2D eigenvalue weighted by Gasteiger charge is -2.31. The van der Waals surface area contributed by atoms with Gasteiger partial charge in [0.15, 0.2) is 0 Å². The summed E-state index contributed by atoms with van der Waals surface area (Å²) >= 11 is 0. The summed E-state index contributed by atoms with van der Waals surface area (Å²) < 4.78 is 5.45. The number of benzene rings is 1. The van der Waals surface area contributed by atoms with E-state index in [0.29, 0.717) is 13.0 Å². The van der Waals surface area contributed by atoms with Crippen LogP contribution in [0, 0.1) is 0 Å². The number of ether oxygens (including phenoxy) is 1. The Morgan fingerprint density at radius 2 is 2.00 bits per heavy atom. The predicted molar refractivity (Wildman–Crippen MR) is 99.6 cm³/mol. The zero-order valence-corrected chi connectivity index (χ0v) is 15.8. The number of hydrogen-bond donors (Lipinski definition) is 2. The molecule has 0 aromatic heterocycles. The Hall–Kier alpha value is -2.08. The zero-order chi connectivity index (χ0) is 18.9. The molecule has 0 bridgehead atoms.